The first-order valence-corrected chi connectivity index (χ1v) is 6.05. The number of alkyl halides is 1. The number of hydrogen-bond acceptors (Lipinski definition) is 1. The van der Waals surface area contributed by atoms with Crippen LogP contribution < -0.4 is 0 Å². The van der Waals surface area contributed by atoms with Crippen LogP contribution in [0.3, 0.4) is 0 Å². The second kappa shape index (κ2) is 5.90. The minimum absolute atomic E-state index is 0.0648. The number of benzene rings is 1. The van der Waals surface area contributed by atoms with Crippen molar-refractivity contribution in [1.82, 2.24) is 4.90 Å². The second-order valence-electron chi connectivity index (χ2n) is 3.95. The summed E-state index contributed by atoms with van der Waals surface area (Å²) in [7, 11) is 0. The lowest BCUT2D eigenvalue weighted by Crippen LogP contribution is -2.32. The molecule has 0 atom stereocenters. The van der Waals surface area contributed by atoms with Crippen molar-refractivity contribution >= 4 is 17.5 Å². The van der Waals surface area contributed by atoms with Gasteiger partial charge in [-0.15, -0.1) is 11.6 Å². The van der Waals surface area contributed by atoms with Crippen molar-refractivity contribution in [3.63, 3.8) is 0 Å². The van der Waals surface area contributed by atoms with E-state index in [0.29, 0.717) is 19.0 Å². The van der Waals surface area contributed by atoms with Gasteiger partial charge in [0, 0.05) is 24.5 Å². The summed E-state index contributed by atoms with van der Waals surface area (Å²) in [5, 5.41) is 0. The Labute approximate surface area is 102 Å². The molecule has 1 aromatic rings. The minimum Gasteiger partial charge on any atom is -0.338 e. The molecule has 3 heteroatoms. The fourth-order valence-corrected chi connectivity index (χ4v) is 1.99. The van der Waals surface area contributed by atoms with Crippen LogP contribution >= 0.6 is 11.6 Å². The van der Waals surface area contributed by atoms with Crippen LogP contribution in [0.4, 0.5) is 0 Å². The molecular weight excluding hydrogens is 222 g/mol. The third-order valence-corrected chi connectivity index (χ3v) is 2.66. The van der Waals surface area contributed by atoms with Crippen LogP contribution in [-0.2, 0) is 0 Å². The number of hydrogen-bond donors (Lipinski definition) is 0. The van der Waals surface area contributed by atoms with Crippen molar-refractivity contribution in [2.75, 3.05) is 19.0 Å². The van der Waals surface area contributed by atoms with Crippen molar-refractivity contribution in [3.8, 4) is 0 Å². The van der Waals surface area contributed by atoms with Gasteiger partial charge in [-0.05, 0) is 32.9 Å². The number of halogens is 1. The maximum Gasteiger partial charge on any atom is 0.253 e. The van der Waals surface area contributed by atoms with Gasteiger partial charge in [-0.25, -0.2) is 0 Å². The molecule has 0 unspecified atom stereocenters. The first-order chi connectivity index (χ1) is 7.58. The van der Waals surface area contributed by atoms with Crippen molar-refractivity contribution in [2.24, 2.45) is 0 Å². The maximum atomic E-state index is 12.1. The summed E-state index contributed by atoms with van der Waals surface area (Å²) in [4.78, 5) is 13.9. The summed E-state index contributed by atoms with van der Waals surface area (Å²) < 4.78 is 0. The van der Waals surface area contributed by atoms with Crippen LogP contribution in [0, 0.1) is 13.8 Å². The van der Waals surface area contributed by atoms with E-state index in [2.05, 4.69) is 6.07 Å². The highest BCUT2D eigenvalue weighted by atomic mass is 35.5. The third kappa shape index (κ3) is 3.24. The number of aryl methyl sites for hydroxylation is 2. The highest BCUT2D eigenvalue weighted by Crippen LogP contribution is 2.11. The molecule has 2 nitrogen and oxygen atoms in total. The van der Waals surface area contributed by atoms with Gasteiger partial charge in [0.05, 0.1) is 0 Å². The Kier molecular flexibility index (Phi) is 4.81. The standard InChI is InChI=1S/C13H18ClNO/c1-4-15(6-5-14)13(16)12-8-10(2)7-11(3)9-12/h7-9H,4-6H2,1-3H3. The van der Waals surface area contributed by atoms with Gasteiger partial charge in [-0.2, -0.15) is 0 Å². The Morgan fingerprint density at radius 2 is 1.81 bits per heavy atom. The van der Waals surface area contributed by atoms with E-state index in [9.17, 15) is 4.79 Å². The van der Waals surface area contributed by atoms with Crippen molar-refractivity contribution < 1.29 is 4.79 Å². The molecule has 0 saturated heterocycles. The molecular formula is C13H18ClNO. The molecule has 0 aliphatic heterocycles. The van der Waals surface area contributed by atoms with Crippen LogP contribution in [0.25, 0.3) is 0 Å². The Morgan fingerprint density at radius 1 is 1.25 bits per heavy atom. The van der Waals surface area contributed by atoms with E-state index in [0.717, 1.165) is 16.7 Å². The lowest BCUT2D eigenvalue weighted by atomic mass is 10.1. The molecule has 0 bridgehead atoms. The van der Waals surface area contributed by atoms with Crippen molar-refractivity contribution in [3.05, 3.63) is 34.9 Å². The first-order valence-electron chi connectivity index (χ1n) is 5.52. The summed E-state index contributed by atoms with van der Waals surface area (Å²) in [6.45, 7) is 7.26. The monoisotopic (exact) mass is 239 g/mol. The predicted molar refractivity (Wildman–Crippen MR) is 68.2 cm³/mol. The molecule has 1 rings (SSSR count). The van der Waals surface area contributed by atoms with Gasteiger partial charge in [-0.1, -0.05) is 17.2 Å². The summed E-state index contributed by atoms with van der Waals surface area (Å²) in [5.41, 5.74) is 2.99. The molecule has 88 valence electrons. The Bertz CT molecular complexity index is 356. The number of rotatable bonds is 4. The van der Waals surface area contributed by atoms with Gasteiger partial charge in [0.2, 0.25) is 0 Å². The summed E-state index contributed by atoms with van der Waals surface area (Å²) in [6, 6.07) is 5.91. The zero-order chi connectivity index (χ0) is 12.1. The van der Waals surface area contributed by atoms with Gasteiger partial charge < -0.3 is 4.90 Å². The highest BCUT2D eigenvalue weighted by molar-refractivity contribution is 6.18. The normalized spacial score (nSPS) is 10.2. The molecule has 0 aliphatic rings. The molecule has 1 aromatic carbocycles. The largest absolute Gasteiger partial charge is 0.338 e. The van der Waals surface area contributed by atoms with Gasteiger partial charge in [0.25, 0.3) is 5.91 Å². The Morgan fingerprint density at radius 3 is 2.25 bits per heavy atom. The maximum absolute atomic E-state index is 12.1. The Balaban J connectivity index is 2.94. The van der Waals surface area contributed by atoms with Crippen LogP contribution in [0.15, 0.2) is 18.2 Å². The van der Waals surface area contributed by atoms with Crippen LogP contribution in [0.2, 0.25) is 0 Å². The van der Waals surface area contributed by atoms with E-state index in [1.807, 2.05) is 32.9 Å². The predicted octanol–water partition coefficient (Wildman–Crippen LogP) is 3.00. The fourth-order valence-electron chi connectivity index (χ4n) is 1.79. The van der Waals surface area contributed by atoms with E-state index in [4.69, 9.17) is 11.6 Å². The Hall–Kier alpha value is -1.02. The molecule has 0 heterocycles. The van der Waals surface area contributed by atoms with E-state index < -0.39 is 0 Å². The molecule has 0 aromatic heterocycles. The topological polar surface area (TPSA) is 20.3 Å². The van der Waals surface area contributed by atoms with E-state index in [1.165, 1.54) is 0 Å². The SMILES string of the molecule is CCN(CCCl)C(=O)c1cc(C)cc(C)c1. The minimum atomic E-state index is 0.0648. The van der Waals surface area contributed by atoms with Crippen LogP contribution in [-0.4, -0.2) is 29.8 Å². The average Bonchev–Trinajstić information content (AvgIpc) is 2.23. The number of carbonyl (C=O) groups excluding carboxylic acids is 1. The highest BCUT2D eigenvalue weighted by Gasteiger charge is 2.13. The van der Waals surface area contributed by atoms with Gasteiger partial charge in [-0.3, -0.25) is 4.79 Å². The average molecular weight is 240 g/mol. The zero-order valence-corrected chi connectivity index (χ0v) is 10.8. The lowest BCUT2D eigenvalue weighted by molar-refractivity contribution is 0.0774. The lowest BCUT2D eigenvalue weighted by Gasteiger charge is -2.20. The second-order valence-corrected chi connectivity index (χ2v) is 4.33. The van der Waals surface area contributed by atoms with E-state index in [1.54, 1.807) is 4.90 Å². The summed E-state index contributed by atoms with van der Waals surface area (Å²) >= 11 is 5.68. The number of nitrogens with zero attached hydrogens (tertiary/aromatic N) is 1. The van der Waals surface area contributed by atoms with E-state index in [-0.39, 0.29) is 5.91 Å². The molecule has 0 radical (unpaired) electrons. The van der Waals surface area contributed by atoms with Crippen molar-refractivity contribution in [2.45, 2.75) is 20.8 Å². The van der Waals surface area contributed by atoms with Crippen LogP contribution in [0.5, 0.6) is 0 Å². The van der Waals surface area contributed by atoms with Gasteiger partial charge in [0.15, 0.2) is 0 Å². The quantitative estimate of drug-likeness (QED) is 0.740. The molecule has 0 saturated carbocycles. The molecule has 1 amide bonds. The van der Waals surface area contributed by atoms with E-state index >= 15 is 0 Å². The summed E-state index contributed by atoms with van der Waals surface area (Å²) in [6.07, 6.45) is 0. The number of carbonyl (C=O) groups is 1. The fraction of sp³-hybridized carbons (Fsp3) is 0.462. The third-order valence-electron chi connectivity index (χ3n) is 2.49. The zero-order valence-electron chi connectivity index (χ0n) is 10.1. The molecule has 0 fully saturated rings. The molecule has 0 aliphatic carbocycles. The smallest absolute Gasteiger partial charge is 0.253 e. The number of amides is 1. The van der Waals surface area contributed by atoms with Gasteiger partial charge in [0.1, 0.15) is 0 Å². The molecule has 0 N–H and O–H groups in total. The molecule has 16 heavy (non-hydrogen) atoms. The van der Waals surface area contributed by atoms with Crippen LogP contribution in [0.1, 0.15) is 28.4 Å². The van der Waals surface area contributed by atoms with Crippen molar-refractivity contribution in [1.29, 1.82) is 0 Å². The summed E-state index contributed by atoms with van der Waals surface area (Å²) in [5.74, 6) is 0.541. The van der Waals surface area contributed by atoms with Gasteiger partial charge >= 0.3 is 0 Å². The first kappa shape index (κ1) is 13.0. The molecule has 0 spiro atoms.